The Morgan fingerprint density at radius 3 is 1.22 bits per heavy atom. The van der Waals surface area contributed by atoms with Crippen LogP contribution in [-0.4, -0.2) is 223 Å². The monoisotopic (exact) mass is 1050 g/mol. The minimum Gasteiger partial charge on any atom is -1.00 e. The van der Waals surface area contributed by atoms with Crippen molar-refractivity contribution >= 4 is 31.9 Å². The first-order valence-electron chi connectivity index (χ1n) is 17.8. The maximum Gasteiger partial charge on any atom is 1.00 e. The normalized spacial score (nSPS) is 18.9. The number of β-amino-alcohol motifs (C(OH)–C–C–N with tert-alkyl or cyclic N) is 1. The average molecular weight is 1060 g/mol. The van der Waals surface area contributed by atoms with E-state index in [1.165, 1.54) is 0 Å². The third-order valence-electron chi connectivity index (χ3n) is 8.70. The van der Waals surface area contributed by atoms with Crippen molar-refractivity contribution in [1.82, 2.24) is 9.80 Å². The van der Waals surface area contributed by atoms with Gasteiger partial charge in [-0.1, -0.05) is 7.43 Å². The molecule has 0 aromatic heterocycles. The molecule has 0 radical (unpaired) electrons. The Hall–Kier alpha value is 1.08. The number of morpholine rings is 4. The molecule has 0 amide bonds. The summed E-state index contributed by atoms with van der Waals surface area (Å²) in [4.78, 5) is 9.42. The van der Waals surface area contributed by atoms with Gasteiger partial charge in [0.1, 0.15) is 39.3 Å². The molecule has 0 spiro atoms. The van der Waals surface area contributed by atoms with Gasteiger partial charge in [-0.15, -0.1) is 0 Å². The van der Waals surface area contributed by atoms with Gasteiger partial charge in [0.2, 0.25) is 6.67 Å². The fourth-order valence-electron chi connectivity index (χ4n) is 5.66. The summed E-state index contributed by atoms with van der Waals surface area (Å²) in [6.07, 6.45) is 0. The maximum atomic E-state index is 8.54. The number of quaternary nitrogens is 2. The molecule has 55 heavy (non-hydrogen) atoms. The van der Waals surface area contributed by atoms with Crippen LogP contribution >= 0.6 is 31.9 Å². The summed E-state index contributed by atoms with van der Waals surface area (Å²) in [7, 11) is 5.32. The molecule has 18 heteroatoms. The van der Waals surface area contributed by atoms with Gasteiger partial charge >= 0.3 is 29.6 Å². The van der Waals surface area contributed by atoms with E-state index in [0.717, 1.165) is 180 Å². The predicted molar refractivity (Wildman–Crippen MR) is 213 cm³/mol. The number of hydrogen-bond donors (Lipinski definition) is 1. The standard InChI is InChI=1S/C15H32N2O4.C7H15NO2.C6Br2.C6H13NO2.C2H4O.CH4.2BrH.Na.H/c1-18-9-3-16(5-11-20-12-6-16)15-17(4-10-19-2)7-13-21-14-8-17;1-9-5-2-8-3-6-10-7-4-8;7-5-3-1-2-4-6-8;8-4-1-7-2-5-9-6-3-7;1-2-3-1;;;;;/h3-15H2,1-2H3;2-7H2,1H3;;8H,1-6H2;1-2H2;1H4;2*1H;;/q+2;;;;;;;;+1;-1/p-2. The molecule has 0 bridgehead atoms. The molecule has 13 nitrogen and oxygen atoms in total. The van der Waals surface area contributed by atoms with Gasteiger partial charge in [0, 0.05) is 92.5 Å². The maximum absolute atomic E-state index is 8.54. The number of hydrogen-bond acceptors (Lipinski definition) is 11. The molecule has 0 unspecified atom stereocenters. The van der Waals surface area contributed by atoms with Gasteiger partial charge in [0.25, 0.3) is 0 Å². The number of methoxy groups -OCH3 is 3. The van der Waals surface area contributed by atoms with Crippen LogP contribution in [0.1, 0.15) is 8.85 Å². The zero-order chi connectivity index (χ0) is 37.1. The second-order valence-electron chi connectivity index (χ2n) is 12.3. The van der Waals surface area contributed by atoms with Crippen molar-refractivity contribution in [2.45, 2.75) is 7.43 Å². The van der Waals surface area contributed by atoms with Crippen molar-refractivity contribution in [3.05, 3.63) is 0 Å². The zero-order valence-corrected chi connectivity index (χ0v) is 41.4. The molecule has 320 valence electrons. The van der Waals surface area contributed by atoms with Gasteiger partial charge in [-0.25, -0.2) is 0 Å². The second kappa shape index (κ2) is 44.6. The molecule has 5 saturated heterocycles. The molecule has 5 aliphatic rings. The van der Waals surface area contributed by atoms with Crippen LogP contribution in [0.3, 0.4) is 0 Å². The Balaban J connectivity index is -0.000000211. The van der Waals surface area contributed by atoms with E-state index in [2.05, 4.69) is 79.7 Å². The number of aliphatic hydroxyl groups is 1. The number of halogens is 4. The summed E-state index contributed by atoms with van der Waals surface area (Å²) in [5.41, 5.74) is 0. The SMILES string of the molecule is BrC#CC#CC#CBr.C.C1CO1.COCCN1CCOCC1.COCC[N+]1(C[N+]2(CCOC)CCOCC2)CCOCC1.OCCN1CCOCC1.[Br-].[Br-].[H-].[Na+]. The molecule has 0 saturated carbocycles. The Labute approximate surface area is 395 Å². The van der Waals surface area contributed by atoms with E-state index in [-0.39, 0.29) is 79.0 Å². The quantitative estimate of drug-likeness (QED) is 0.0826. The fourth-order valence-corrected chi connectivity index (χ4v) is 5.86. The molecular formula is C37H69Br4N4NaO9. The van der Waals surface area contributed by atoms with E-state index >= 15 is 0 Å². The minimum absolute atomic E-state index is 0. The first kappa shape index (κ1) is 62.7. The smallest absolute Gasteiger partial charge is 1.00 e. The third kappa shape index (κ3) is 35.5. The summed E-state index contributed by atoms with van der Waals surface area (Å²) in [6, 6.07) is 0. The van der Waals surface area contributed by atoms with Crippen LogP contribution in [0.4, 0.5) is 0 Å². The summed E-state index contributed by atoms with van der Waals surface area (Å²) < 4.78 is 43.9. The summed E-state index contributed by atoms with van der Waals surface area (Å²) >= 11 is 5.76. The van der Waals surface area contributed by atoms with Gasteiger partial charge in [-0.05, 0) is 33.3 Å². The largest absolute Gasteiger partial charge is 1.00 e. The average Bonchev–Trinajstić information content (AvgIpc) is 4.07. The van der Waals surface area contributed by atoms with Crippen molar-refractivity contribution in [3.8, 4) is 33.3 Å². The van der Waals surface area contributed by atoms with Gasteiger partial charge in [-0.2, -0.15) is 0 Å². The molecular weight excluding hydrogens is 987 g/mol. The van der Waals surface area contributed by atoms with E-state index in [0.29, 0.717) is 0 Å². The molecule has 0 aromatic rings. The van der Waals surface area contributed by atoms with Gasteiger partial charge < -0.3 is 78.4 Å². The number of aliphatic hydroxyl groups excluding tert-OH is 1. The third-order valence-corrected chi connectivity index (χ3v) is 9.10. The Bertz CT molecular complexity index is 969. The van der Waals surface area contributed by atoms with Crippen LogP contribution < -0.4 is 63.5 Å². The summed E-state index contributed by atoms with van der Waals surface area (Å²) in [6.45, 7) is 25.2. The van der Waals surface area contributed by atoms with E-state index in [1.807, 2.05) is 0 Å². The predicted octanol–water partition coefficient (Wildman–Crippen LogP) is -7.31. The van der Waals surface area contributed by atoms with Crippen LogP contribution in [0.2, 0.25) is 0 Å². The van der Waals surface area contributed by atoms with Crippen LogP contribution in [-0.2, 0) is 37.9 Å². The summed E-state index contributed by atoms with van der Waals surface area (Å²) in [5, 5.41) is 8.54. The second-order valence-corrected chi connectivity index (χ2v) is 13.1. The first-order chi connectivity index (χ1) is 25.0. The molecule has 0 aromatic carbocycles. The number of epoxide rings is 1. The van der Waals surface area contributed by atoms with E-state index < -0.39 is 0 Å². The number of ether oxygens (including phenoxy) is 8. The van der Waals surface area contributed by atoms with E-state index in [4.69, 9.17) is 38.3 Å². The zero-order valence-electron chi connectivity index (χ0n) is 34.1. The van der Waals surface area contributed by atoms with Crippen molar-refractivity contribution in [2.75, 3.05) is 199 Å². The first-order valence-corrected chi connectivity index (χ1v) is 19.4. The van der Waals surface area contributed by atoms with Gasteiger partial charge in [0.15, 0.2) is 0 Å². The number of rotatable bonds is 13. The Kier molecular flexibility index (Phi) is 50.9. The minimum atomic E-state index is 0. The van der Waals surface area contributed by atoms with Crippen molar-refractivity contribution in [1.29, 1.82) is 0 Å². The van der Waals surface area contributed by atoms with Crippen molar-refractivity contribution in [2.24, 2.45) is 0 Å². The van der Waals surface area contributed by atoms with Gasteiger partial charge in [0.05, 0.1) is 92.5 Å². The van der Waals surface area contributed by atoms with Gasteiger partial charge in [-0.3, -0.25) is 18.8 Å². The summed E-state index contributed by atoms with van der Waals surface area (Å²) in [5.74, 6) is 9.88. The molecule has 5 rings (SSSR count). The topological polar surface area (TPSA) is 104 Å². The molecule has 5 aliphatic heterocycles. The van der Waals surface area contributed by atoms with Crippen LogP contribution in [0.25, 0.3) is 0 Å². The van der Waals surface area contributed by atoms with E-state index in [9.17, 15) is 0 Å². The number of nitrogens with zero attached hydrogens (tertiary/aromatic N) is 4. The van der Waals surface area contributed by atoms with Crippen LogP contribution in [0.15, 0.2) is 0 Å². The molecule has 0 aliphatic carbocycles. The Morgan fingerprint density at radius 1 is 0.564 bits per heavy atom. The van der Waals surface area contributed by atoms with Crippen molar-refractivity contribution in [3.63, 3.8) is 0 Å². The fraction of sp³-hybridized carbons (Fsp3) is 0.838. The van der Waals surface area contributed by atoms with Crippen molar-refractivity contribution < 1.29 is 117 Å². The molecule has 5 fully saturated rings. The van der Waals surface area contributed by atoms with E-state index in [1.54, 1.807) is 21.3 Å². The Morgan fingerprint density at radius 2 is 0.909 bits per heavy atom. The molecule has 0 atom stereocenters. The molecule has 1 N–H and O–H groups in total. The van der Waals surface area contributed by atoms with Crippen LogP contribution in [0.5, 0.6) is 0 Å². The van der Waals surface area contributed by atoms with Crippen LogP contribution in [0, 0.1) is 33.3 Å². The molecule has 5 heterocycles.